The summed E-state index contributed by atoms with van der Waals surface area (Å²) in [4.78, 5) is 26.0. The molecule has 0 unspecified atom stereocenters. The topological polar surface area (TPSA) is 46.6 Å². The first-order valence-corrected chi connectivity index (χ1v) is 6.62. The van der Waals surface area contributed by atoms with E-state index in [-0.39, 0.29) is 29.0 Å². The minimum absolute atomic E-state index is 0.113. The molecule has 4 rings (SSSR count). The van der Waals surface area contributed by atoms with Gasteiger partial charge in [-0.3, -0.25) is 9.59 Å². The Morgan fingerprint density at radius 3 is 2.25 bits per heavy atom. The third kappa shape index (κ3) is 1.39. The van der Waals surface area contributed by atoms with Crippen molar-refractivity contribution in [3.8, 4) is 0 Å². The predicted molar refractivity (Wildman–Crippen MR) is 68.7 cm³/mol. The largest absolute Gasteiger partial charge is 0.365 e. The molecule has 0 aromatic heterocycles. The lowest BCUT2D eigenvalue weighted by Gasteiger charge is -2.17. The zero-order valence-electron chi connectivity index (χ0n) is 10.1. The van der Waals surface area contributed by atoms with E-state index in [0.717, 1.165) is 11.0 Å². The number of fused-ring (bicyclic) bond motifs is 5. The van der Waals surface area contributed by atoms with Gasteiger partial charge in [-0.2, -0.15) is 0 Å². The molecule has 1 aromatic carbocycles. The maximum Gasteiger partial charge on any atom is 0.240 e. The highest BCUT2D eigenvalue weighted by Gasteiger charge is 2.61. The number of carbonyl (C=O) groups is 2. The molecule has 0 N–H and O–H groups in total. The van der Waals surface area contributed by atoms with Crippen molar-refractivity contribution in [2.24, 2.45) is 11.8 Å². The lowest BCUT2D eigenvalue weighted by atomic mass is 9.85. The quantitative estimate of drug-likeness (QED) is 0.587. The molecule has 3 heterocycles. The molecule has 2 amide bonds. The molecule has 3 aliphatic heterocycles. The van der Waals surface area contributed by atoms with Gasteiger partial charge in [-0.15, -0.1) is 0 Å². The van der Waals surface area contributed by atoms with Crippen LogP contribution < -0.4 is 4.90 Å². The molecular formula is C14H9ClFNO3. The summed E-state index contributed by atoms with van der Waals surface area (Å²) in [5, 5.41) is -0.113. The van der Waals surface area contributed by atoms with Gasteiger partial charge in [0, 0.05) is 0 Å². The summed E-state index contributed by atoms with van der Waals surface area (Å²) in [7, 11) is 0. The fourth-order valence-corrected chi connectivity index (χ4v) is 3.36. The molecule has 6 heteroatoms. The number of hydrogen-bond donors (Lipinski definition) is 0. The lowest BCUT2D eigenvalue weighted by Crippen LogP contribution is -2.34. The van der Waals surface area contributed by atoms with Crippen molar-refractivity contribution in [3.05, 3.63) is 41.2 Å². The minimum atomic E-state index is -0.584. The standard InChI is InChI=1S/C14H9ClFNO3/c15-7-5-6(1-2-8(7)16)17-13(18)11-9-3-4-10(20-9)12(11)14(17)19/h1-5,9-12H/t9-,10+,11-,12-/m0/s1. The van der Waals surface area contributed by atoms with Crippen molar-refractivity contribution >= 4 is 29.1 Å². The van der Waals surface area contributed by atoms with Crippen molar-refractivity contribution in [3.63, 3.8) is 0 Å². The second-order valence-corrected chi connectivity index (χ2v) is 5.52. The Labute approximate surface area is 118 Å². The van der Waals surface area contributed by atoms with Gasteiger partial charge in [0.1, 0.15) is 5.82 Å². The molecule has 2 fully saturated rings. The molecule has 3 aliphatic rings. The molecule has 0 radical (unpaired) electrons. The number of anilines is 1. The van der Waals surface area contributed by atoms with Gasteiger partial charge < -0.3 is 4.74 Å². The van der Waals surface area contributed by atoms with Crippen LogP contribution in [-0.2, 0) is 14.3 Å². The molecule has 2 saturated heterocycles. The van der Waals surface area contributed by atoms with Crippen molar-refractivity contribution in [2.75, 3.05) is 4.90 Å². The number of benzene rings is 1. The van der Waals surface area contributed by atoms with Gasteiger partial charge in [0.05, 0.1) is 34.8 Å². The zero-order chi connectivity index (χ0) is 14.0. The molecule has 4 nitrogen and oxygen atoms in total. The van der Waals surface area contributed by atoms with Crippen molar-refractivity contribution in [1.82, 2.24) is 0 Å². The van der Waals surface area contributed by atoms with Gasteiger partial charge in [0.2, 0.25) is 11.8 Å². The third-order valence-corrected chi connectivity index (χ3v) is 4.36. The van der Waals surface area contributed by atoms with Crippen LogP contribution in [0, 0.1) is 17.7 Å². The fourth-order valence-electron chi connectivity index (χ4n) is 3.18. The number of rotatable bonds is 1. The van der Waals surface area contributed by atoms with Gasteiger partial charge in [0.15, 0.2) is 0 Å². The van der Waals surface area contributed by atoms with Crippen LogP contribution in [0.25, 0.3) is 0 Å². The number of ether oxygens (including phenoxy) is 1. The summed E-state index contributed by atoms with van der Waals surface area (Å²) >= 11 is 5.72. The van der Waals surface area contributed by atoms with Crippen LogP contribution >= 0.6 is 11.6 Å². The van der Waals surface area contributed by atoms with Crippen LogP contribution in [0.2, 0.25) is 5.02 Å². The maximum atomic E-state index is 13.2. The monoisotopic (exact) mass is 293 g/mol. The van der Waals surface area contributed by atoms with Gasteiger partial charge in [-0.05, 0) is 18.2 Å². The summed E-state index contributed by atoms with van der Waals surface area (Å²) in [5.41, 5.74) is 0.306. The van der Waals surface area contributed by atoms with E-state index in [0.29, 0.717) is 5.69 Å². The molecule has 4 atom stereocenters. The van der Waals surface area contributed by atoms with Crippen LogP contribution in [-0.4, -0.2) is 24.0 Å². The number of imide groups is 1. The van der Waals surface area contributed by atoms with Crippen LogP contribution in [0.4, 0.5) is 10.1 Å². The van der Waals surface area contributed by atoms with Gasteiger partial charge >= 0.3 is 0 Å². The van der Waals surface area contributed by atoms with Crippen LogP contribution in [0.3, 0.4) is 0 Å². The Morgan fingerprint density at radius 1 is 1.10 bits per heavy atom. The van der Waals surface area contributed by atoms with E-state index >= 15 is 0 Å². The number of hydrogen-bond acceptors (Lipinski definition) is 3. The third-order valence-electron chi connectivity index (χ3n) is 4.07. The second kappa shape index (κ2) is 3.90. The maximum absolute atomic E-state index is 13.2. The summed E-state index contributed by atoms with van der Waals surface area (Å²) in [5.74, 6) is -2.14. The van der Waals surface area contributed by atoms with E-state index in [4.69, 9.17) is 16.3 Å². The van der Waals surface area contributed by atoms with Crippen molar-refractivity contribution in [1.29, 1.82) is 0 Å². The second-order valence-electron chi connectivity index (χ2n) is 5.11. The van der Waals surface area contributed by atoms with E-state index in [1.54, 1.807) is 0 Å². The van der Waals surface area contributed by atoms with E-state index in [1.807, 2.05) is 12.2 Å². The molecule has 20 heavy (non-hydrogen) atoms. The number of amides is 2. The highest BCUT2D eigenvalue weighted by molar-refractivity contribution is 6.31. The predicted octanol–water partition coefficient (Wildman–Crippen LogP) is 1.92. The number of nitrogens with zero attached hydrogens (tertiary/aromatic N) is 1. The van der Waals surface area contributed by atoms with Crippen LogP contribution in [0.15, 0.2) is 30.4 Å². The SMILES string of the molecule is O=C1[C@@H]2[C@@H](C(=O)N1c1ccc(F)c(Cl)c1)[C@H]1C=C[C@@H]2O1. The van der Waals surface area contributed by atoms with E-state index < -0.39 is 17.7 Å². The van der Waals surface area contributed by atoms with E-state index in [1.165, 1.54) is 12.1 Å². The molecule has 0 saturated carbocycles. The van der Waals surface area contributed by atoms with Crippen molar-refractivity contribution < 1.29 is 18.7 Å². The Kier molecular flexibility index (Phi) is 2.35. The number of halogens is 2. The van der Waals surface area contributed by atoms with E-state index in [9.17, 15) is 14.0 Å². The van der Waals surface area contributed by atoms with E-state index in [2.05, 4.69) is 0 Å². The Balaban J connectivity index is 1.76. The minimum Gasteiger partial charge on any atom is -0.365 e. The van der Waals surface area contributed by atoms with Crippen LogP contribution in [0.5, 0.6) is 0 Å². The lowest BCUT2D eigenvalue weighted by molar-refractivity contribution is -0.124. The summed E-state index contributed by atoms with van der Waals surface area (Å²) < 4.78 is 18.7. The first-order chi connectivity index (χ1) is 9.58. The molecule has 0 spiro atoms. The molecule has 102 valence electrons. The summed E-state index contributed by atoms with van der Waals surface area (Å²) in [6.45, 7) is 0. The average Bonchev–Trinajstić information content (AvgIpc) is 3.08. The highest BCUT2D eigenvalue weighted by Crippen LogP contribution is 2.46. The molecule has 2 bridgehead atoms. The van der Waals surface area contributed by atoms with Gasteiger partial charge in [-0.1, -0.05) is 23.8 Å². The highest BCUT2D eigenvalue weighted by atomic mass is 35.5. The van der Waals surface area contributed by atoms with Gasteiger partial charge in [-0.25, -0.2) is 9.29 Å². The molecule has 0 aliphatic carbocycles. The summed E-state index contributed by atoms with van der Waals surface area (Å²) in [6.07, 6.45) is 2.97. The smallest absolute Gasteiger partial charge is 0.240 e. The Bertz CT molecular complexity index is 644. The first kappa shape index (κ1) is 12.1. The number of carbonyl (C=O) groups excluding carboxylic acids is 2. The Hall–Kier alpha value is -1.72. The first-order valence-electron chi connectivity index (χ1n) is 6.24. The van der Waals surface area contributed by atoms with Crippen molar-refractivity contribution in [2.45, 2.75) is 12.2 Å². The normalized spacial score (nSPS) is 34.2. The van der Waals surface area contributed by atoms with Crippen LogP contribution in [0.1, 0.15) is 0 Å². The Morgan fingerprint density at radius 2 is 1.70 bits per heavy atom. The fraction of sp³-hybridized carbons (Fsp3) is 0.286. The molecule has 1 aromatic rings. The average molecular weight is 294 g/mol. The van der Waals surface area contributed by atoms with Gasteiger partial charge in [0.25, 0.3) is 0 Å². The zero-order valence-corrected chi connectivity index (χ0v) is 10.9. The molecular weight excluding hydrogens is 285 g/mol. The summed E-state index contributed by atoms with van der Waals surface area (Å²) in [6, 6.07) is 3.83.